The lowest BCUT2D eigenvalue weighted by Gasteiger charge is -2.19. The van der Waals surface area contributed by atoms with Crippen LogP contribution in [0.25, 0.3) is 11.5 Å². The van der Waals surface area contributed by atoms with Gasteiger partial charge in [-0.05, 0) is 42.3 Å². The largest absolute Gasteiger partial charge is 0.418 e. The van der Waals surface area contributed by atoms with Crippen LogP contribution in [0.5, 0.6) is 0 Å². The lowest BCUT2D eigenvalue weighted by Crippen LogP contribution is -2.20. The van der Waals surface area contributed by atoms with Crippen molar-refractivity contribution in [2.75, 3.05) is 11.4 Å². The predicted octanol–water partition coefficient (Wildman–Crippen LogP) is 4.06. The molecule has 1 aromatic heterocycles. The molecule has 0 saturated carbocycles. The van der Waals surface area contributed by atoms with Gasteiger partial charge in [0.1, 0.15) is 0 Å². The second-order valence-corrected chi connectivity index (χ2v) is 6.48. The van der Waals surface area contributed by atoms with E-state index in [1.807, 2.05) is 6.07 Å². The zero-order valence-electron chi connectivity index (χ0n) is 14.9. The summed E-state index contributed by atoms with van der Waals surface area (Å²) in [6, 6.07) is 13.0. The van der Waals surface area contributed by atoms with E-state index in [9.17, 15) is 13.2 Å². The number of aromatic nitrogens is 2. The summed E-state index contributed by atoms with van der Waals surface area (Å²) in [6.45, 7) is 0.513. The van der Waals surface area contributed by atoms with E-state index < -0.39 is 11.7 Å². The molecule has 3 aromatic rings. The average Bonchev–Trinajstić information content (AvgIpc) is 3.34. The van der Waals surface area contributed by atoms with Crippen LogP contribution in [0, 0.1) is 22.7 Å². The highest BCUT2D eigenvalue weighted by Gasteiger charge is 2.39. The molecule has 6 nitrogen and oxygen atoms in total. The molecule has 1 aliphatic heterocycles. The lowest BCUT2D eigenvalue weighted by molar-refractivity contribution is -0.138. The molecule has 2 heterocycles. The van der Waals surface area contributed by atoms with E-state index in [0.717, 1.165) is 0 Å². The number of nitriles is 2. The third kappa shape index (κ3) is 3.39. The molecule has 9 heteroatoms. The first-order chi connectivity index (χ1) is 13.9. The van der Waals surface area contributed by atoms with Crippen molar-refractivity contribution in [1.82, 2.24) is 10.1 Å². The number of anilines is 1. The van der Waals surface area contributed by atoms with Crippen molar-refractivity contribution < 1.29 is 17.7 Å². The average molecular weight is 395 g/mol. The van der Waals surface area contributed by atoms with Crippen molar-refractivity contribution in [2.45, 2.75) is 19.1 Å². The quantitative estimate of drug-likeness (QED) is 0.664. The molecular weight excluding hydrogens is 383 g/mol. The Bertz CT molecular complexity index is 1170. The van der Waals surface area contributed by atoms with Crippen molar-refractivity contribution in [3.63, 3.8) is 0 Å². The first-order valence-electron chi connectivity index (χ1n) is 8.62. The summed E-state index contributed by atoms with van der Waals surface area (Å²) in [5.41, 5.74) is 0.307. The predicted molar refractivity (Wildman–Crippen MR) is 95.4 cm³/mol. The van der Waals surface area contributed by atoms with Gasteiger partial charge in [0.2, 0.25) is 0 Å². The first kappa shape index (κ1) is 18.5. The van der Waals surface area contributed by atoms with Crippen molar-refractivity contribution in [3.05, 3.63) is 64.5 Å². The second kappa shape index (κ2) is 6.95. The molecule has 4 rings (SSSR count). The molecule has 0 radical (unpaired) electrons. The van der Waals surface area contributed by atoms with Gasteiger partial charge in [-0.15, -0.1) is 0 Å². The van der Waals surface area contributed by atoms with E-state index in [0.29, 0.717) is 29.2 Å². The molecular formula is C20H12F3N5O. The summed E-state index contributed by atoms with van der Waals surface area (Å²) >= 11 is 0. The molecule has 0 spiro atoms. The Balaban J connectivity index is 1.62. The molecule has 0 atom stereocenters. The Morgan fingerprint density at radius 2 is 1.97 bits per heavy atom. The number of rotatable bonds is 3. The molecule has 2 aromatic carbocycles. The maximum atomic E-state index is 13.5. The van der Waals surface area contributed by atoms with Crippen LogP contribution in [0.3, 0.4) is 0 Å². The summed E-state index contributed by atoms with van der Waals surface area (Å²) in [7, 11) is 0. The topological polar surface area (TPSA) is 89.7 Å². The van der Waals surface area contributed by atoms with Gasteiger partial charge in [-0.3, -0.25) is 0 Å². The molecule has 0 bridgehead atoms. The van der Waals surface area contributed by atoms with Gasteiger partial charge in [0.15, 0.2) is 5.82 Å². The third-order valence-corrected chi connectivity index (χ3v) is 4.70. The summed E-state index contributed by atoms with van der Waals surface area (Å²) in [5, 5.41) is 21.9. The summed E-state index contributed by atoms with van der Waals surface area (Å²) in [4.78, 5) is 6.02. The zero-order chi connectivity index (χ0) is 20.6. The number of nitrogens with zero attached hydrogens (tertiary/aromatic N) is 5. The van der Waals surface area contributed by atoms with Crippen LogP contribution in [0.2, 0.25) is 0 Å². The van der Waals surface area contributed by atoms with Gasteiger partial charge in [0.05, 0.1) is 35.4 Å². The van der Waals surface area contributed by atoms with Crippen LogP contribution in [-0.4, -0.2) is 16.7 Å². The molecule has 0 unspecified atom stereocenters. The normalized spacial score (nSPS) is 13.1. The van der Waals surface area contributed by atoms with E-state index in [4.69, 9.17) is 15.0 Å². The molecule has 29 heavy (non-hydrogen) atoms. The Labute approximate surface area is 163 Å². The van der Waals surface area contributed by atoms with Crippen LogP contribution >= 0.6 is 0 Å². The van der Waals surface area contributed by atoms with Gasteiger partial charge in [0.25, 0.3) is 5.89 Å². The number of hydrogen-bond donors (Lipinski definition) is 0. The maximum absolute atomic E-state index is 13.5. The Morgan fingerprint density at radius 1 is 1.14 bits per heavy atom. The zero-order valence-corrected chi connectivity index (χ0v) is 14.9. The van der Waals surface area contributed by atoms with E-state index >= 15 is 0 Å². The number of fused-ring (bicyclic) bond motifs is 1. The third-order valence-electron chi connectivity index (χ3n) is 4.70. The van der Waals surface area contributed by atoms with Crippen molar-refractivity contribution in [2.24, 2.45) is 0 Å². The van der Waals surface area contributed by atoms with Gasteiger partial charge in [-0.2, -0.15) is 28.7 Å². The van der Waals surface area contributed by atoms with Crippen LogP contribution in [0.4, 0.5) is 18.9 Å². The van der Waals surface area contributed by atoms with Gasteiger partial charge >= 0.3 is 6.18 Å². The van der Waals surface area contributed by atoms with Crippen LogP contribution in [-0.2, 0) is 19.1 Å². The Kier molecular flexibility index (Phi) is 4.44. The standard InChI is InChI=1S/C20H12F3N5O/c21-20(22,23)18-14(10-25)4-5-16-15(18)6-7-28(16)11-17-26-19(29-27-17)13-3-1-2-12(8-13)9-24/h1-5,8H,6-7,11H2. The number of halogens is 3. The molecule has 0 N–H and O–H groups in total. The Morgan fingerprint density at radius 3 is 2.69 bits per heavy atom. The number of benzene rings is 2. The van der Waals surface area contributed by atoms with Crippen molar-refractivity contribution in [3.8, 4) is 23.6 Å². The summed E-state index contributed by atoms with van der Waals surface area (Å²) < 4.78 is 45.6. The van der Waals surface area contributed by atoms with Crippen LogP contribution < -0.4 is 4.90 Å². The fourth-order valence-electron chi connectivity index (χ4n) is 3.46. The van der Waals surface area contributed by atoms with Crippen LogP contribution in [0.1, 0.15) is 28.1 Å². The molecule has 1 aliphatic rings. The molecule has 0 saturated heterocycles. The number of hydrogen-bond acceptors (Lipinski definition) is 6. The lowest BCUT2D eigenvalue weighted by atomic mass is 9.99. The summed E-state index contributed by atoms with van der Waals surface area (Å²) in [5.74, 6) is 0.542. The van der Waals surface area contributed by atoms with Gasteiger partial charge in [0, 0.05) is 17.8 Å². The second-order valence-electron chi connectivity index (χ2n) is 6.48. The van der Waals surface area contributed by atoms with Gasteiger partial charge in [-0.25, -0.2) is 0 Å². The first-order valence-corrected chi connectivity index (χ1v) is 8.62. The summed E-state index contributed by atoms with van der Waals surface area (Å²) in [6.07, 6.45) is -4.42. The molecule has 144 valence electrons. The minimum atomic E-state index is -4.60. The fourth-order valence-corrected chi connectivity index (χ4v) is 3.46. The van der Waals surface area contributed by atoms with E-state index in [-0.39, 0.29) is 30.0 Å². The monoisotopic (exact) mass is 395 g/mol. The van der Waals surface area contributed by atoms with Gasteiger partial charge < -0.3 is 9.42 Å². The van der Waals surface area contributed by atoms with Gasteiger partial charge in [-0.1, -0.05) is 11.2 Å². The smallest absolute Gasteiger partial charge is 0.363 e. The van der Waals surface area contributed by atoms with E-state index in [2.05, 4.69) is 10.1 Å². The van der Waals surface area contributed by atoms with E-state index in [1.54, 1.807) is 35.2 Å². The maximum Gasteiger partial charge on any atom is 0.418 e. The van der Waals surface area contributed by atoms with Crippen molar-refractivity contribution in [1.29, 1.82) is 10.5 Å². The van der Waals surface area contributed by atoms with E-state index in [1.165, 1.54) is 12.1 Å². The highest BCUT2D eigenvalue weighted by atomic mass is 19.4. The Hall–Kier alpha value is -3.85. The van der Waals surface area contributed by atoms with Crippen molar-refractivity contribution >= 4 is 5.69 Å². The number of alkyl halides is 3. The minimum Gasteiger partial charge on any atom is -0.363 e. The molecule has 0 amide bonds. The molecule has 0 aliphatic carbocycles. The molecule has 0 fully saturated rings. The SMILES string of the molecule is N#Cc1cccc(-c2nc(CN3CCc4c3ccc(C#N)c4C(F)(F)F)no2)c1. The highest BCUT2D eigenvalue weighted by molar-refractivity contribution is 5.65. The fraction of sp³-hybridized carbons (Fsp3) is 0.200. The highest BCUT2D eigenvalue weighted by Crippen LogP contribution is 2.41. The minimum absolute atomic E-state index is 0.113. The van der Waals surface area contributed by atoms with Crippen LogP contribution in [0.15, 0.2) is 40.9 Å².